The van der Waals surface area contributed by atoms with Crippen molar-refractivity contribution in [2.24, 2.45) is 5.73 Å². The standard InChI is InChI=1S/C10H17N5OS/c11-4-9-5-15(14-13-9)6-10(16)12-8-2-1-3-17-7-8/h5,8H,1-4,6-7,11H2,(H,12,16). The van der Waals surface area contributed by atoms with E-state index in [9.17, 15) is 4.79 Å². The highest BCUT2D eigenvalue weighted by atomic mass is 32.2. The molecule has 0 bridgehead atoms. The van der Waals surface area contributed by atoms with Crippen LogP contribution in [0.25, 0.3) is 0 Å². The maximum absolute atomic E-state index is 11.7. The Morgan fingerprint density at radius 3 is 3.24 bits per heavy atom. The van der Waals surface area contributed by atoms with Gasteiger partial charge in [-0.15, -0.1) is 5.10 Å². The summed E-state index contributed by atoms with van der Waals surface area (Å²) in [6, 6.07) is 0.304. The van der Waals surface area contributed by atoms with E-state index in [1.54, 1.807) is 6.20 Å². The van der Waals surface area contributed by atoms with Crippen LogP contribution in [0.15, 0.2) is 6.20 Å². The second-order valence-electron chi connectivity index (χ2n) is 4.09. The average Bonchev–Trinajstić information content (AvgIpc) is 2.78. The average molecular weight is 255 g/mol. The number of nitrogens with two attached hydrogens (primary N) is 1. The predicted molar refractivity (Wildman–Crippen MR) is 66.4 cm³/mol. The molecule has 1 aliphatic heterocycles. The van der Waals surface area contributed by atoms with E-state index in [1.807, 2.05) is 11.8 Å². The van der Waals surface area contributed by atoms with Crippen LogP contribution in [0.2, 0.25) is 0 Å². The molecule has 17 heavy (non-hydrogen) atoms. The van der Waals surface area contributed by atoms with Gasteiger partial charge in [-0.1, -0.05) is 5.21 Å². The van der Waals surface area contributed by atoms with E-state index in [-0.39, 0.29) is 12.5 Å². The molecule has 0 spiro atoms. The fraction of sp³-hybridized carbons (Fsp3) is 0.700. The molecule has 1 aromatic heterocycles. The van der Waals surface area contributed by atoms with Crippen LogP contribution < -0.4 is 11.1 Å². The molecular formula is C10H17N5OS. The van der Waals surface area contributed by atoms with Crippen molar-refractivity contribution in [2.75, 3.05) is 11.5 Å². The molecule has 1 fully saturated rings. The maximum atomic E-state index is 11.7. The van der Waals surface area contributed by atoms with Gasteiger partial charge in [0.15, 0.2) is 0 Å². The number of hydrogen-bond acceptors (Lipinski definition) is 5. The van der Waals surface area contributed by atoms with Gasteiger partial charge in [-0.2, -0.15) is 11.8 Å². The van der Waals surface area contributed by atoms with Gasteiger partial charge in [0.25, 0.3) is 0 Å². The maximum Gasteiger partial charge on any atom is 0.242 e. The van der Waals surface area contributed by atoms with Crippen molar-refractivity contribution in [3.63, 3.8) is 0 Å². The third-order valence-corrected chi connectivity index (χ3v) is 3.84. The van der Waals surface area contributed by atoms with Crippen molar-refractivity contribution in [2.45, 2.75) is 32.0 Å². The highest BCUT2D eigenvalue weighted by Crippen LogP contribution is 2.16. The Morgan fingerprint density at radius 1 is 1.71 bits per heavy atom. The van der Waals surface area contributed by atoms with Crippen molar-refractivity contribution >= 4 is 17.7 Å². The summed E-state index contributed by atoms with van der Waals surface area (Å²) in [5.41, 5.74) is 6.12. The number of hydrogen-bond donors (Lipinski definition) is 2. The fourth-order valence-electron chi connectivity index (χ4n) is 1.78. The minimum Gasteiger partial charge on any atom is -0.351 e. The number of nitrogens with one attached hydrogen (secondary N) is 1. The Labute approximate surface area is 104 Å². The Bertz CT molecular complexity index is 375. The van der Waals surface area contributed by atoms with Crippen LogP contribution in [-0.4, -0.2) is 38.4 Å². The SMILES string of the molecule is NCc1cn(CC(=O)NC2CCCSC2)nn1. The summed E-state index contributed by atoms with van der Waals surface area (Å²) in [7, 11) is 0. The van der Waals surface area contributed by atoms with Crippen LogP contribution in [0.1, 0.15) is 18.5 Å². The number of thioether (sulfide) groups is 1. The lowest BCUT2D eigenvalue weighted by Gasteiger charge is -2.22. The molecular weight excluding hydrogens is 238 g/mol. The Morgan fingerprint density at radius 2 is 2.59 bits per heavy atom. The zero-order valence-electron chi connectivity index (χ0n) is 9.63. The molecule has 2 heterocycles. The van der Waals surface area contributed by atoms with Crippen LogP contribution >= 0.6 is 11.8 Å². The molecule has 0 radical (unpaired) electrons. The summed E-state index contributed by atoms with van der Waals surface area (Å²) in [6.45, 7) is 0.565. The van der Waals surface area contributed by atoms with Gasteiger partial charge in [0.1, 0.15) is 6.54 Å². The zero-order valence-corrected chi connectivity index (χ0v) is 10.4. The van der Waals surface area contributed by atoms with E-state index in [1.165, 1.54) is 16.9 Å². The van der Waals surface area contributed by atoms with Gasteiger partial charge < -0.3 is 11.1 Å². The quantitative estimate of drug-likeness (QED) is 0.775. The Kier molecular flexibility index (Phi) is 4.38. The van der Waals surface area contributed by atoms with Crippen molar-refractivity contribution in [3.8, 4) is 0 Å². The molecule has 1 saturated heterocycles. The highest BCUT2D eigenvalue weighted by molar-refractivity contribution is 7.99. The Balaban J connectivity index is 1.79. The third kappa shape index (κ3) is 3.71. The first-order valence-electron chi connectivity index (χ1n) is 5.74. The fourth-order valence-corrected chi connectivity index (χ4v) is 2.86. The number of carbonyl (C=O) groups is 1. The first kappa shape index (κ1) is 12.4. The molecule has 1 amide bonds. The largest absolute Gasteiger partial charge is 0.351 e. The number of rotatable bonds is 4. The summed E-state index contributed by atoms with van der Waals surface area (Å²) in [5, 5.41) is 10.7. The van der Waals surface area contributed by atoms with E-state index in [0.29, 0.717) is 18.3 Å². The van der Waals surface area contributed by atoms with E-state index in [2.05, 4.69) is 15.6 Å². The van der Waals surface area contributed by atoms with Gasteiger partial charge in [0.2, 0.25) is 5.91 Å². The molecule has 0 saturated carbocycles. The van der Waals surface area contributed by atoms with E-state index < -0.39 is 0 Å². The smallest absolute Gasteiger partial charge is 0.242 e. The van der Waals surface area contributed by atoms with E-state index in [4.69, 9.17) is 5.73 Å². The van der Waals surface area contributed by atoms with Gasteiger partial charge in [-0.3, -0.25) is 4.79 Å². The van der Waals surface area contributed by atoms with Crippen molar-refractivity contribution in [1.82, 2.24) is 20.3 Å². The molecule has 2 rings (SSSR count). The van der Waals surface area contributed by atoms with Gasteiger partial charge in [0, 0.05) is 18.3 Å². The topological polar surface area (TPSA) is 85.8 Å². The van der Waals surface area contributed by atoms with E-state index in [0.717, 1.165) is 12.2 Å². The minimum atomic E-state index is -0.00836. The second kappa shape index (κ2) is 6.02. The summed E-state index contributed by atoms with van der Waals surface area (Å²) >= 11 is 1.89. The number of amides is 1. The molecule has 1 unspecified atom stereocenters. The molecule has 0 aliphatic carbocycles. The number of nitrogens with zero attached hydrogens (tertiary/aromatic N) is 3. The molecule has 1 aromatic rings. The van der Waals surface area contributed by atoms with Gasteiger partial charge in [-0.25, -0.2) is 4.68 Å². The molecule has 1 atom stereocenters. The zero-order chi connectivity index (χ0) is 12.1. The van der Waals surface area contributed by atoms with Crippen LogP contribution in [0.4, 0.5) is 0 Å². The number of aromatic nitrogens is 3. The summed E-state index contributed by atoms with van der Waals surface area (Å²) in [5.74, 6) is 2.21. The molecule has 7 heteroatoms. The molecule has 3 N–H and O–H groups in total. The van der Waals surface area contributed by atoms with Gasteiger partial charge >= 0.3 is 0 Å². The van der Waals surface area contributed by atoms with Crippen LogP contribution in [0, 0.1) is 0 Å². The minimum absolute atomic E-state index is 0.00836. The lowest BCUT2D eigenvalue weighted by Crippen LogP contribution is -2.40. The highest BCUT2D eigenvalue weighted by Gasteiger charge is 2.16. The Hall–Kier alpha value is -1.08. The summed E-state index contributed by atoms with van der Waals surface area (Å²) < 4.78 is 1.52. The van der Waals surface area contributed by atoms with Gasteiger partial charge in [-0.05, 0) is 18.6 Å². The molecule has 1 aliphatic rings. The molecule has 6 nitrogen and oxygen atoms in total. The lowest BCUT2D eigenvalue weighted by atomic mass is 10.2. The summed E-state index contributed by atoms with van der Waals surface area (Å²) in [4.78, 5) is 11.7. The van der Waals surface area contributed by atoms with Crippen LogP contribution in [-0.2, 0) is 17.9 Å². The van der Waals surface area contributed by atoms with E-state index >= 15 is 0 Å². The van der Waals surface area contributed by atoms with Crippen molar-refractivity contribution in [3.05, 3.63) is 11.9 Å². The molecule has 94 valence electrons. The summed E-state index contributed by atoms with van der Waals surface area (Å²) in [6.07, 6.45) is 3.95. The first-order valence-corrected chi connectivity index (χ1v) is 6.89. The second-order valence-corrected chi connectivity index (χ2v) is 5.24. The van der Waals surface area contributed by atoms with Crippen LogP contribution in [0.5, 0.6) is 0 Å². The molecule has 0 aromatic carbocycles. The third-order valence-electron chi connectivity index (χ3n) is 2.63. The van der Waals surface area contributed by atoms with Gasteiger partial charge in [0.05, 0.1) is 11.9 Å². The van der Waals surface area contributed by atoms with Crippen LogP contribution in [0.3, 0.4) is 0 Å². The lowest BCUT2D eigenvalue weighted by molar-refractivity contribution is -0.122. The number of carbonyl (C=O) groups excluding carboxylic acids is 1. The van der Waals surface area contributed by atoms with Crippen molar-refractivity contribution in [1.29, 1.82) is 0 Å². The van der Waals surface area contributed by atoms with Crippen molar-refractivity contribution < 1.29 is 4.79 Å². The predicted octanol–water partition coefficient (Wildman–Crippen LogP) is -0.251. The first-order chi connectivity index (χ1) is 8.28. The monoisotopic (exact) mass is 255 g/mol. The normalized spacial score (nSPS) is 20.2.